The van der Waals surface area contributed by atoms with Crippen molar-refractivity contribution < 1.29 is 4.74 Å². The van der Waals surface area contributed by atoms with E-state index in [0.717, 1.165) is 17.0 Å². The summed E-state index contributed by atoms with van der Waals surface area (Å²) in [5.74, 6) is 6.67. The number of thiophene rings is 1. The molecule has 0 radical (unpaired) electrons. The first-order valence-corrected chi connectivity index (χ1v) is 7.88. The van der Waals surface area contributed by atoms with Crippen LogP contribution in [0, 0.1) is 0 Å². The minimum absolute atomic E-state index is 0.101. The molecule has 0 fully saturated rings. The molecule has 2 aromatic rings. The fourth-order valence-electron chi connectivity index (χ4n) is 2.95. The Morgan fingerprint density at radius 2 is 2.15 bits per heavy atom. The molecule has 1 heterocycles. The van der Waals surface area contributed by atoms with Crippen molar-refractivity contribution in [2.75, 3.05) is 7.11 Å². The summed E-state index contributed by atoms with van der Waals surface area (Å²) in [6, 6.07) is 8.94. The number of hydrogen-bond acceptors (Lipinski definition) is 4. The van der Waals surface area contributed by atoms with Crippen molar-refractivity contribution in [2.45, 2.75) is 31.7 Å². The predicted molar refractivity (Wildman–Crippen MR) is 83.1 cm³/mol. The fraction of sp³-hybridized carbons (Fsp3) is 0.375. The van der Waals surface area contributed by atoms with E-state index in [1.807, 2.05) is 11.4 Å². The van der Waals surface area contributed by atoms with Gasteiger partial charge in [0.15, 0.2) is 0 Å². The van der Waals surface area contributed by atoms with E-state index in [-0.39, 0.29) is 6.04 Å². The summed E-state index contributed by atoms with van der Waals surface area (Å²) in [4.78, 5) is 1.16. The van der Waals surface area contributed by atoms with E-state index in [1.165, 1.54) is 36.0 Å². The lowest BCUT2D eigenvalue weighted by molar-refractivity contribution is 0.403. The largest absolute Gasteiger partial charge is 0.496 e. The van der Waals surface area contributed by atoms with Gasteiger partial charge >= 0.3 is 0 Å². The second kappa shape index (κ2) is 5.95. The summed E-state index contributed by atoms with van der Waals surface area (Å²) < 4.78 is 5.39. The molecule has 1 aliphatic rings. The highest BCUT2D eigenvalue weighted by Crippen LogP contribution is 2.33. The lowest BCUT2D eigenvalue weighted by Crippen LogP contribution is -2.29. The monoisotopic (exact) mass is 288 g/mol. The van der Waals surface area contributed by atoms with Gasteiger partial charge in [-0.15, -0.1) is 11.3 Å². The summed E-state index contributed by atoms with van der Waals surface area (Å²) in [5, 5.41) is 2.04. The first-order valence-electron chi connectivity index (χ1n) is 7.00. The maximum absolute atomic E-state index is 5.75. The summed E-state index contributed by atoms with van der Waals surface area (Å²) in [6.45, 7) is 0. The van der Waals surface area contributed by atoms with Crippen LogP contribution in [0.2, 0.25) is 0 Å². The highest BCUT2D eigenvalue weighted by Gasteiger charge is 2.18. The molecule has 20 heavy (non-hydrogen) atoms. The molecule has 1 atom stereocenters. The molecular formula is C16H20N2OS. The smallest absolute Gasteiger partial charge is 0.134 e. The van der Waals surface area contributed by atoms with Gasteiger partial charge < -0.3 is 4.74 Å². The molecule has 1 aromatic carbocycles. The van der Waals surface area contributed by atoms with Crippen molar-refractivity contribution in [3.05, 3.63) is 51.2 Å². The lowest BCUT2D eigenvalue weighted by atomic mass is 10.0. The SMILES string of the molecule is COc1ccsc1C(Cc1ccc2c(c1)CCC2)NN. The number of methoxy groups -OCH3 is 1. The van der Waals surface area contributed by atoms with Crippen LogP contribution in [0.3, 0.4) is 0 Å². The Bertz CT molecular complexity index is 594. The Morgan fingerprint density at radius 1 is 1.30 bits per heavy atom. The molecule has 0 amide bonds. The Balaban J connectivity index is 1.81. The van der Waals surface area contributed by atoms with Gasteiger partial charge in [0.1, 0.15) is 5.75 Å². The molecule has 1 unspecified atom stereocenters. The van der Waals surface area contributed by atoms with Gasteiger partial charge in [-0.05, 0) is 53.8 Å². The second-order valence-electron chi connectivity index (χ2n) is 5.23. The van der Waals surface area contributed by atoms with Crippen LogP contribution in [0.4, 0.5) is 0 Å². The van der Waals surface area contributed by atoms with E-state index < -0.39 is 0 Å². The minimum atomic E-state index is 0.101. The summed E-state index contributed by atoms with van der Waals surface area (Å²) in [7, 11) is 1.70. The van der Waals surface area contributed by atoms with Crippen LogP contribution in [0.15, 0.2) is 29.6 Å². The summed E-state index contributed by atoms with van der Waals surface area (Å²) in [6.07, 6.45) is 4.62. The molecule has 0 saturated carbocycles. The van der Waals surface area contributed by atoms with Crippen molar-refractivity contribution in [3.8, 4) is 5.75 Å². The van der Waals surface area contributed by atoms with E-state index in [9.17, 15) is 0 Å². The fourth-order valence-corrected chi connectivity index (χ4v) is 3.87. The lowest BCUT2D eigenvalue weighted by Gasteiger charge is -2.16. The third-order valence-corrected chi connectivity index (χ3v) is 5.01. The molecule has 0 spiro atoms. The van der Waals surface area contributed by atoms with E-state index >= 15 is 0 Å². The van der Waals surface area contributed by atoms with Crippen LogP contribution in [0.5, 0.6) is 5.75 Å². The van der Waals surface area contributed by atoms with E-state index in [2.05, 4.69) is 23.6 Å². The average Bonchev–Trinajstić information content (AvgIpc) is 3.12. The Kier molecular flexibility index (Phi) is 4.05. The van der Waals surface area contributed by atoms with Crippen molar-refractivity contribution in [1.29, 1.82) is 0 Å². The molecule has 3 nitrogen and oxygen atoms in total. The van der Waals surface area contributed by atoms with Gasteiger partial charge in [-0.25, -0.2) is 0 Å². The molecule has 4 heteroatoms. The van der Waals surface area contributed by atoms with Crippen LogP contribution < -0.4 is 16.0 Å². The molecule has 1 aliphatic carbocycles. The van der Waals surface area contributed by atoms with Gasteiger partial charge in [0.05, 0.1) is 18.0 Å². The number of hydrogen-bond donors (Lipinski definition) is 2. The topological polar surface area (TPSA) is 47.3 Å². The standard InChI is InChI=1S/C16H20N2OS/c1-19-15-7-8-20-16(15)14(18-17)10-11-5-6-12-3-2-4-13(12)9-11/h5-9,14,18H,2-4,10,17H2,1H3. The molecule has 0 aliphatic heterocycles. The number of nitrogens with one attached hydrogen (secondary N) is 1. The van der Waals surface area contributed by atoms with Gasteiger partial charge in [-0.2, -0.15) is 0 Å². The van der Waals surface area contributed by atoms with E-state index in [0.29, 0.717) is 0 Å². The second-order valence-corrected chi connectivity index (χ2v) is 6.18. The van der Waals surface area contributed by atoms with E-state index in [4.69, 9.17) is 10.6 Å². The molecule has 0 bridgehead atoms. The third kappa shape index (κ3) is 2.59. The highest BCUT2D eigenvalue weighted by molar-refractivity contribution is 7.10. The molecular weight excluding hydrogens is 268 g/mol. The molecule has 106 valence electrons. The first-order chi connectivity index (χ1) is 9.81. The Labute approximate surface area is 123 Å². The van der Waals surface area contributed by atoms with Crippen LogP contribution >= 0.6 is 11.3 Å². The van der Waals surface area contributed by atoms with Crippen molar-refractivity contribution in [2.24, 2.45) is 5.84 Å². The summed E-state index contributed by atoms with van der Waals surface area (Å²) >= 11 is 1.68. The number of aryl methyl sites for hydroxylation is 2. The van der Waals surface area contributed by atoms with E-state index in [1.54, 1.807) is 18.4 Å². The zero-order valence-corrected chi connectivity index (χ0v) is 12.5. The highest BCUT2D eigenvalue weighted by atomic mass is 32.1. The molecule has 0 saturated heterocycles. The van der Waals surface area contributed by atoms with Gasteiger partial charge in [-0.1, -0.05) is 18.2 Å². The molecule has 1 aromatic heterocycles. The maximum atomic E-state index is 5.75. The van der Waals surface area contributed by atoms with Crippen LogP contribution in [-0.2, 0) is 19.3 Å². The third-order valence-electron chi connectivity index (χ3n) is 4.00. The number of nitrogens with two attached hydrogens (primary N) is 1. The van der Waals surface area contributed by atoms with Crippen LogP contribution in [0.25, 0.3) is 0 Å². The number of hydrazine groups is 1. The summed E-state index contributed by atoms with van der Waals surface area (Å²) in [5.41, 5.74) is 7.29. The van der Waals surface area contributed by atoms with Gasteiger partial charge in [-0.3, -0.25) is 11.3 Å². The Morgan fingerprint density at radius 3 is 2.95 bits per heavy atom. The Hall–Kier alpha value is -1.36. The number of fused-ring (bicyclic) bond motifs is 1. The normalized spacial score (nSPS) is 15.1. The van der Waals surface area contributed by atoms with Gasteiger partial charge in [0, 0.05) is 0 Å². The minimum Gasteiger partial charge on any atom is -0.496 e. The molecule has 3 N–H and O–H groups in total. The predicted octanol–water partition coefficient (Wildman–Crippen LogP) is 2.99. The number of benzene rings is 1. The maximum Gasteiger partial charge on any atom is 0.134 e. The van der Waals surface area contributed by atoms with Crippen LogP contribution in [0.1, 0.15) is 34.0 Å². The van der Waals surface area contributed by atoms with Crippen LogP contribution in [-0.4, -0.2) is 7.11 Å². The first kappa shape index (κ1) is 13.6. The van der Waals surface area contributed by atoms with Gasteiger partial charge in [0.25, 0.3) is 0 Å². The van der Waals surface area contributed by atoms with Crippen molar-refractivity contribution in [1.82, 2.24) is 5.43 Å². The van der Waals surface area contributed by atoms with Crippen molar-refractivity contribution >= 4 is 11.3 Å². The zero-order chi connectivity index (χ0) is 13.9. The quantitative estimate of drug-likeness (QED) is 0.657. The molecule has 3 rings (SSSR count). The van der Waals surface area contributed by atoms with Crippen molar-refractivity contribution in [3.63, 3.8) is 0 Å². The number of ether oxygens (including phenoxy) is 1. The van der Waals surface area contributed by atoms with Gasteiger partial charge in [0.2, 0.25) is 0 Å². The number of rotatable bonds is 5. The zero-order valence-electron chi connectivity index (χ0n) is 11.7. The average molecular weight is 288 g/mol.